The van der Waals surface area contributed by atoms with Crippen molar-refractivity contribution in [3.63, 3.8) is 0 Å². The van der Waals surface area contributed by atoms with Crippen LogP contribution in [0.1, 0.15) is 16.7 Å². The molecular weight excluding hydrogens is 394 g/mol. The van der Waals surface area contributed by atoms with E-state index in [0.29, 0.717) is 40.3 Å². The molecule has 2 amide bonds. The minimum atomic E-state index is -1.25. The van der Waals surface area contributed by atoms with Crippen LogP contribution in [-0.4, -0.2) is 40.8 Å². The first-order chi connectivity index (χ1) is 13.9. The van der Waals surface area contributed by atoms with Gasteiger partial charge in [0.25, 0.3) is 11.1 Å². The monoisotopic (exact) mass is 413 g/mol. The molecule has 0 saturated carbocycles. The number of thioether (sulfide) groups is 1. The molecular formula is C21H19NO6S. The average Bonchev–Trinajstić information content (AvgIpc) is 2.94. The highest BCUT2D eigenvalue weighted by molar-refractivity contribution is 8.18. The SMILES string of the molecule is COc1cc(/C=C2/SC(=O)N(CC(=O)O)C2=O)ccc1OCc1cccc(C)c1. The van der Waals surface area contributed by atoms with E-state index in [1.54, 1.807) is 18.2 Å². The predicted molar refractivity (Wildman–Crippen MR) is 109 cm³/mol. The Morgan fingerprint density at radius 3 is 2.66 bits per heavy atom. The summed E-state index contributed by atoms with van der Waals surface area (Å²) in [5.74, 6) is -0.840. The Morgan fingerprint density at radius 2 is 1.97 bits per heavy atom. The van der Waals surface area contributed by atoms with E-state index in [0.717, 1.165) is 11.1 Å². The van der Waals surface area contributed by atoms with E-state index in [4.69, 9.17) is 14.6 Å². The standard InChI is InChI=1S/C21H19NO6S/c1-13-4-3-5-15(8-13)12-28-16-7-6-14(9-17(16)27-2)10-18-20(25)22(11-19(23)24)21(26)29-18/h3-10H,11-12H2,1-2H3,(H,23,24)/b18-10+. The number of carbonyl (C=O) groups is 3. The molecule has 150 valence electrons. The Morgan fingerprint density at radius 1 is 1.17 bits per heavy atom. The minimum Gasteiger partial charge on any atom is -0.493 e. The summed E-state index contributed by atoms with van der Waals surface area (Å²) in [6, 6.07) is 13.1. The van der Waals surface area contributed by atoms with Gasteiger partial charge in [0.2, 0.25) is 0 Å². The second-order valence-corrected chi connectivity index (χ2v) is 7.34. The highest BCUT2D eigenvalue weighted by Gasteiger charge is 2.36. The average molecular weight is 413 g/mol. The van der Waals surface area contributed by atoms with Gasteiger partial charge >= 0.3 is 5.97 Å². The van der Waals surface area contributed by atoms with Crippen molar-refractivity contribution in [2.24, 2.45) is 0 Å². The Kier molecular flexibility index (Phi) is 6.23. The minimum absolute atomic E-state index is 0.159. The van der Waals surface area contributed by atoms with Crippen LogP contribution < -0.4 is 9.47 Å². The smallest absolute Gasteiger partial charge is 0.323 e. The zero-order valence-corrected chi connectivity index (χ0v) is 16.7. The third kappa shape index (κ3) is 4.97. The van der Waals surface area contributed by atoms with Crippen LogP contribution in [0.3, 0.4) is 0 Å². The molecule has 1 fully saturated rings. The molecule has 8 heteroatoms. The normalized spacial score (nSPS) is 15.1. The van der Waals surface area contributed by atoms with Gasteiger partial charge in [-0.25, -0.2) is 0 Å². The lowest BCUT2D eigenvalue weighted by molar-refractivity contribution is -0.140. The quantitative estimate of drug-likeness (QED) is 0.692. The van der Waals surface area contributed by atoms with Crippen LogP contribution in [0.4, 0.5) is 4.79 Å². The summed E-state index contributed by atoms with van der Waals surface area (Å²) in [6.45, 7) is 1.74. The molecule has 29 heavy (non-hydrogen) atoms. The number of carbonyl (C=O) groups excluding carboxylic acids is 2. The fourth-order valence-electron chi connectivity index (χ4n) is 2.78. The number of carboxylic acids is 1. The fourth-order valence-corrected chi connectivity index (χ4v) is 3.62. The number of benzene rings is 2. The van der Waals surface area contributed by atoms with Crippen LogP contribution in [0.5, 0.6) is 11.5 Å². The van der Waals surface area contributed by atoms with Gasteiger partial charge in [0.15, 0.2) is 11.5 Å². The first-order valence-electron chi connectivity index (χ1n) is 8.71. The molecule has 0 unspecified atom stereocenters. The number of amides is 2. The number of ether oxygens (including phenoxy) is 2. The van der Waals surface area contributed by atoms with Gasteiger partial charge in [-0.05, 0) is 48.0 Å². The van der Waals surface area contributed by atoms with Crippen molar-refractivity contribution in [1.29, 1.82) is 0 Å². The van der Waals surface area contributed by atoms with Crippen LogP contribution in [0, 0.1) is 6.92 Å². The van der Waals surface area contributed by atoms with Gasteiger partial charge in [-0.2, -0.15) is 0 Å². The largest absolute Gasteiger partial charge is 0.493 e. The number of rotatable bonds is 7. The van der Waals surface area contributed by atoms with Crippen LogP contribution in [0.15, 0.2) is 47.4 Å². The van der Waals surface area contributed by atoms with Crippen molar-refractivity contribution in [2.45, 2.75) is 13.5 Å². The first kappa shape index (κ1) is 20.5. The molecule has 7 nitrogen and oxygen atoms in total. The van der Waals surface area contributed by atoms with Crippen LogP contribution >= 0.6 is 11.8 Å². The molecule has 0 bridgehead atoms. The molecule has 3 rings (SSSR count). The number of hydrogen-bond acceptors (Lipinski definition) is 6. The highest BCUT2D eigenvalue weighted by Crippen LogP contribution is 2.34. The number of imide groups is 1. The van der Waals surface area contributed by atoms with Gasteiger partial charge in [0, 0.05) is 0 Å². The number of carboxylic acid groups (broad SMARTS) is 1. The molecule has 1 N–H and O–H groups in total. The molecule has 0 aliphatic carbocycles. The zero-order chi connectivity index (χ0) is 21.0. The maximum Gasteiger partial charge on any atom is 0.323 e. The Labute approximate surface area is 171 Å². The molecule has 1 heterocycles. The Bertz CT molecular complexity index is 1000. The zero-order valence-electron chi connectivity index (χ0n) is 15.9. The van der Waals surface area contributed by atoms with Gasteiger partial charge in [0.05, 0.1) is 12.0 Å². The summed E-state index contributed by atoms with van der Waals surface area (Å²) in [6.07, 6.45) is 1.53. The van der Waals surface area contributed by atoms with Gasteiger partial charge in [-0.3, -0.25) is 19.3 Å². The summed E-state index contributed by atoms with van der Waals surface area (Å²) in [4.78, 5) is 35.8. The first-order valence-corrected chi connectivity index (χ1v) is 9.52. The lowest BCUT2D eigenvalue weighted by atomic mass is 10.1. The van der Waals surface area contributed by atoms with Crippen molar-refractivity contribution in [2.75, 3.05) is 13.7 Å². The lowest BCUT2D eigenvalue weighted by Gasteiger charge is -2.12. The van der Waals surface area contributed by atoms with E-state index in [-0.39, 0.29) is 4.91 Å². The van der Waals surface area contributed by atoms with E-state index in [1.807, 2.05) is 31.2 Å². The van der Waals surface area contributed by atoms with Gasteiger partial charge in [-0.1, -0.05) is 35.9 Å². The molecule has 0 radical (unpaired) electrons. The summed E-state index contributed by atoms with van der Waals surface area (Å²) >= 11 is 0.708. The topological polar surface area (TPSA) is 93.1 Å². The van der Waals surface area contributed by atoms with Gasteiger partial charge in [-0.15, -0.1) is 0 Å². The predicted octanol–water partition coefficient (Wildman–Crippen LogP) is 3.70. The molecule has 0 spiro atoms. The molecule has 0 aromatic heterocycles. The molecule has 1 aliphatic heterocycles. The third-order valence-corrected chi connectivity index (χ3v) is 5.04. The van der Waals surface area contributed by atoms with E-state index >= 15 is 0 Å². The highest BCUT2D eigenvalue weighted by atomic mass is 32.2. The summed E-state index contributed by atoms with van der Waals surface area (Å²) in [5.41, 5.74) is 2.80. The molecule has 0 atom stereocenters. The van der Waals surface area contributed by atoms with Gasteiger partial charge < -0.3 is 14.6 Å². The van der Waals surface area contributed by atoms with Gasteiger partial charge in [0.1, 0.15) is 13.2 Å². The van der Waals surface area contributed by atoms with Crippen molar-refractivity contribution in [3.8, 4) is 11.5 Å². The summed E-state index contributed by atoms with van der Waals surface area (Å²) in [7, 11) is 1.51. The van der Waals surface area contributed by atoms with E-state index in [2.05, 4.69) is 0 Å². The molecule has 2 aromatic carbocycles. The van der Waals surface area contributed by atoms with Crippen LogP contribution in [0.2, 0.25) is 0 Å². The van der Waals surface area contributed by atoms with E-state index in [1.165, 1.54) is 13.2 Å². The second-order valence-electron chi connectivity index (χ2n) is 6.35. The maximum atomic E-state index is 12.3. The Balaban J connectivity index is 1.76. The fraction of sp³-hybridized carbons (Fsp3) is 0.190. The van der Waals surface area contributed by atoms with E-state index < -0.39 is 23.7 Å². The molecule has 1 saturated heterocycles. The summed E-state index contributed by atoms with van der Waals surface area (Å²) in [5, 5.41) is 8.22. The van der Waals surface area contributed by atoms with Crippen LogP contribution in [0.25, 0.3) is 6.08 Å². The van der Waals surface area contributed by atoms with Crippen LogP contribution in [-0.2, 0) is 16.2 Å². The number of aliphatic carboxylic acids is 1. The van der Waals surface area contributed by atoms with Crippen molar-refractivity contribution in [1.82, 2.24) is 4.90 Å². The van der Waals surface area contributed by atoms with Crippen molar-refractivity contribution >= 4 is 35.0 Å². The van der Waals surface area contributed by atoms with E-state index in [9.17, 15) is 14.4 Å². The molecule has 2 aromatic rings. The maximum absolute atomic E-state index is 12.3. The van der Waals surface area contributed by atoms with Crippen molar-refractivity contribution in [3.05, 3.63) is 64.1 Å². The number of hydrogen-bond donors (Lipinski definition) is 1. The number of aryl methyl sites for hydroxylation is 1. The third-order valence-electron chi connectivity index (χ3n) is 4.13. The second kappa shape index (κ2) is 8.83. The number of nitrogens with zero attached hydrogens (tertiary/aromatic N) is 1. The lowest BCUT2D eigenvalue weighted by Crippen LogP contribution is -2.33. The Hall–Kier alpha value is -3.26. The van der Waals surface area contributed by atoms with Crippen molar-refractivity contribution < 1.29 is 29.0 Å². The summed E-state index contributed by atoms with van der Waals surface area (Å²) < 4.78 is 11.2. The molecule has 1 aliphatic rings. The number of methoxy groups -OCH3 is 1.